The van der Waals surface area contributed by atoms with Crippen LogP contribution in [0.1, 0.15) is 20.3 Å². The van der Waals surface area contributed by atoms with Crippen molar-refractivity contribution in [3.63, 3.8) is 0 Å². The summed E-state index contributed by atoms with van der Waals surface area (Å²) in [5, 5.41) is 0. The number of hydrogen-bond acceptors (Lipinski definition) is 3. The molecule has 0 aromatic heterocycles. The highest BCUT2D eigenvalue weighted by molar-refractivity contribution is 6.00. The van der Waals surface area contributed by atoms with E-state index in [9.17, 15) is 9.59 Å². The van der Waals surface area contributed by atoms with Gasteiger partial charge in [0.25, 0.3) is 0 Å². The van der Waals surface area contributed by atoms with Crippen molar-refractivity contribution in [3.05, 3.63) is 23.5 Å². The van der Waals surface area contributed by atoms with Gasteiger partial charge in [-0.3, -0.25) is 9.59 Å². The highest BCUT2D eigenvalue weighted by Gasteiger charge is 2.64. The average Bonchev–Trinajstić information content (AvgIpc) is 3.00. The summed E-state index contributed by atoms with van der Waals surface area (Å²) in [6, 6.07) is 0. The molecule has 0 aromatic rings. The van der Waals surface area contributed by atoms with Crippen LogP contribution in [0.15, 0.2) is 23.5 Å². The molecule has 0 N–H and O–H groups in total. The molecule has 3 nitrogen and oxygen atoms in total. The second-order valence-electron chi connectivity index (χ2n) is 6.04. The summed E-state index contributed by atoms with van der Waals surface area (Å²) in [4.78, 5) is 24.3. The number of Topliss-reactive ketones (excluding diaryl/α,β-unsaturated/α-hetero) is 2. The second kappa shape index (κ2) is 3.14. The Balaban J connectivity index is 1.82. The highest BCUT2D eigenvalue weighted by atomic mass is 16.5. The molecule has 3 heteroatoms. The molecule has 4 rings (SSSR count). The molecule has 2 saturated carbocycles. The molecule has 1 heterocycles. The Hall–Kier alpha value is -1.38. The van der Waals surface area contributed by atoms with E-state index in [0.29, 0.717) is 23.5 Å². The smallest absolute Gasteiger partial charge is 0.177 e. The molecule has 1 aliphatic heterocycles. The van der Waals surface area contributed by atoms with Gasteiger partial charge in [0.05, 0.1) is 0 Å². The monoisotopic (exact) mass is 244 g/mol. The van der Waals surface area contributed by atoms with E-state index >= 15 is 0 Å². The van der Waals surface area contributed by atoms with Gasteiger partial charge in [-0.25, -0.2) is 0 Å². The van der Waals surface area contributed by atoms with E-state index in [2.05, 4.69) is 12.2 Å². The third-order valence-corrected chi connectivity index (χ3v) is 5.27. The zero-order chi connectivity index (χ0) is 12.6. The van der Waals surface area contributed by atoms with Crippen LogP contribution in [0.5, 0.6) is 0 Å². The molecule has 18 heavy (non-hydrogen) atoms. The second-order valence-corrected chi connectivity index (χ2v) is 6.04. The molecule has 0 radical (unpaired) electrons. The van der Waals surface area contributed by atoms with E-state index < -0.39 is 0 Å². The Labute approximate surface area is 106 Å². The van der Waals surface area contributed by atoms with Gasteiger partial charge in [-0.1, -0.05) is 12.2 Å². The van der Waals surface area contributed by atoms with E-state index in [1.54, 1.807) is 6.92 Å². The average molecular weight is 244 g/mol. The molecule has 3 aliphatic carbocycles. The van der Waals surface area contributed by atoms with Gasteiger partial charge >= 0.3 is 0 Å². The minimum absolute atomic E-state index is 0.0277. The Morgan fingerprint density at radius 2 is 2.00 bits per heavy atom. The van der Waals surface area contributed by atoms with Crippen molar-refractivity contribution in [2.75, 3.05) is 0 Å². The van der Waals surface area contributed by atoms with E-state index in [-0.39, 0.29) is 29.5 Å². The molecule has 2 fully saturated rings. The quantitative estimate of drug-likeness (QED) is 0.661. The molecular formula is C15H16O3. The number of carbonyl (C=O) groups is 2. The van der Waals surface area contributed by atoms with E-state index in [4.69, 9.17) is 4.74 Å². The minimum atomic E-state index is -0.371. The Morgan fingerprint density at radius 1 is 1.28 bits per heavy atom. The zero-order valence-electron chi connectivity index (χ0n) is 10.6. The molecule has 0 amide bonds. The zero-order valence-corrected chi connectivity index (χ0v) is 10.6. The van der Waals surface area contributed by atoms with Gasteiger partial charge in [-0.05, 0) is 38.0 Å². The normalized spacial score (nSPS) is 47.6. The van der Waals surface area contributed by atoms with Crippen LogP contribution < -0.4 is 0 Å². The van der Waals surface area contributed by atoms with Gasteiger partial charge in [-0.15, -0.1) is 0 Å². The molecule has 94 valence electrons. The first-order valence-corrected chi connectivity index (χ1v) is 6.70. The molecule has 0 saturated heterocycles. The van der Waals surface area contributed by atoms with Gasteiger partial charge in [-0.2, -0.15) is 0 Å². The lowest BCUT2D eigenvalue weighted by Crippen LogP contribution is -2.25. The maximum absolute atomic E-state index is 12.5. The Bertz CT molecular complexity index is 528. The van der Waals surface area contributed by atoms with Crippen LogP contribution in [-0.4, -0.2) is 17.7 Å². The summed E-state index contributed by atoms with van der Waals surface area (Å²) in [5.74, 6) is 2.30. The molecule has 0 aromatic carbocycles. The number of carbonyl (C=O) groups excluding carboxylic acids is 2. The predicted octanol–water partition coefficient (Wildman–Crippen LogP) is 1.89. The first-order chi connectivity index (χ1) is 8.59. The van der Waals surface area contributed by atoms with Crippen LogP contribution in [0.25, 0.3) is 0 Å². The van der Waals surface area contributed by atoms with Crippen LogP contribution in [0.4, 0.5) is 0 Å². The molecule has 2 bridgehead atoms. The fraction of sp³-hybridized carbons (Fsp3) is 0.600. The van der Waals surface area contributed by atoms with Gasteiger partial charge in [0.2, 0.25) is 0 Å². The van der Waals surface area contributed by atoms with E-state index in [0.717, 1.165) is 12.0 Å². The molecule has 0 unspecified atom stereocenters. The lowest BCUT2D eigenvalue weighted by molar-refractivity contribution is -0.129. The van der Waals surface area contributed by atoms with E-state index in [1.807, 2.05) is 6.92 Å². The number of rotatable bonds is 1. The van der Waals surface area contributed by atoms with Gasteiger partial charge in [0, 0.05) is 17.4 Å². The number of ether oxygens (including phenoxy) is 1. The summed E-state index contributed by atoms with van der Waals surface area (Å²) >= 11 is 0. The van der Waals surface area contributed by atoms with Crippen molar-refractivity contribution >= 4 is 11.6 Å². The number of hydrogen-bond donors (Lipinski definition) is 0. The van der Waals surface area contributed by atoms with Crippen LogP contribution in [0.3, 0.4) is 0 Å². The van der Waals surface area contributed by atoms with Crippen molar-refractivity contribution in [3.8, 4) is 0 Å². The first-order valence-electron chi connectivity index (χ1n) is 6.70. The summed E-state index contributed by atoms with van der Waals surface area (Å²) in [7, 11) is 0. The number of ketones is 2. The third kappa shape index (κ3) is 1.02. The fourth-order valence-corrected chi connectivity index (χ4v) is 4.77. The van der Waals surface area contributed by atoms with Gasteiger partial charge in [0.1, 0.15) is 5.76 Å². The van der Waals surface area contributed by atoms with Crippen molar-refractivity contribution < 1.29 is 14.3 Å². The Morgan fingerprint density at radius 3 is 2.72 bits per heavy atom. The number of fused-ring (bicyclic) bond motifs is 7. The summed E-state index contributed by atoms with van der Waals surface area (Å²) in [6.07, 6.45) is 5.15. The van der Waals surface area contributed by atoms with Crippen LogP contribution in [0, 0.1) is 29.6 Å². The summed E-state index contributed by atoms with van der Waals surface area (Å²) < 4.78 is 5.71. The third-order valence-electron chi connectivity index (χ3n) is 5.27. The fourth-order valence-electron chi connectivity index (χ4n) is 4.77. The van der Waals surface area contributed by atoms with Crippen LogP contribution >= 0.6 is 0 Å². The SMILES string of the molecule is CC(=O)C1=C(C)O[C@H]2C(=O)[C@H]3[C@@H]([C@@H]12)[C@H]1C=C[C@@H]3C1. The predicted molar refractivity (Wildman–Crippen MR) is 64.5 cm³/mol. The molecule has 0 spiro atoms. The topological polar surface area (TPSA) is 43.4 Å². The van der Waals surface area contributed by atoms with Gasteiger partial charge in [0.15, 0.2) is 17.7 Å². The first kappa shape index (κ1) is 10.5. The Kier molecular flexibility index (Phi) is 1.84. The van der Waals surface area contributed by atoms with Crippen molar-refractivity contribution in [2.45, 2.75) is 26.4 Å². The number of allylic oxidation sites excluding steroid dienone is 3. The van der Waals surface area contributed by atoms with Crippen LogP contribution in [-0.2, 0) is 14.3 Å². The van der Waals surface area contributed by atoms with Gasteiger partial charge < -0.3 is 4.74 Å². The maximum Gasteiger partial charge on any atom is 0.177 e. The van der Waals surface area contributed by atoms with E-state index in [1.165, 1.54) is 0 Å². The minimum Gasteiger partial charge on any atom is -0.486 e. The lowest BCUT2D eigenvalue weighted by atomic mass is 9.77. The van der Waals surface area contributed by atoms with Crippen molar-refractivity contribution in [1.29, 1.82) is 0 Å². The highest BCUT2D eigenvalue weighted by Crippen LogP contribution is 2.60. The molecule has 6 atom stereocenters. The molecule has 4 aliphatic rings. The molecular weight excluding hydrogens is 228 g/mol. The lowest BCUT2D eigenvalue weighted by Gasteiger charge is -2.23. The largest absolute Gasteiger partial charge is 0.486 e. The maximum atomic E-state index is 12.5. The van der Waals surface area contributed by atoms with Crippen LogP contribution in [0.2, 0.25) is 0 Å². The standard InChI is InChI=1S/C15H16O3/c1-6(16)10-7(2)18-15-13(10)11-8-3-4-9(5-8)12(11)14(15)17/h3-4,8-9,11-13,15H,5H2,1-2H3/t8-,9+,11-,12+,13+,15+/m0/s1. The van der Waals surface area contributed by atoms with Crippen molar-refractivity contribution in [2.24, 2.45) is 29.6 Å². The van der Waals surface area contributed by atoms with Crippen molar-refractivity contribution in [1.82, 2.24) is 0 Å². The summed E-state index contributed by atoms with van der Waals surface area (Å²) in [6.45, 7) is 3.41. The summed E-state index contributed by atoms with van der Waals surface area (Å²) in [5.41, 5.74) is 0.779.